The minimum absolute atomic E-state index is 0.695. The molecule has 5 saturated heterocycles. The van der Waals surface area contributed by atoms with Crippen molar-refractivity contribution in [3.63, 3.8) is 0 Å². The molecule has 5 heterocycles. The second kappa shape index (κ2) is 2.72. The fourth-order valence-electron chi connectivity index (χ4n) is 2.45. The van der Waals surface area contributed by atoms with Gasteiger partial charge >= 0.3 is 12.8 Å². The van der Waals surface area contributed by atoms with Gasteiger partial charge in [-0.2, -0.15) is 0 Å². The van der Waals surface area contributed by atoms with Crippen LogP contribution in [0, 0.1) is 0 Å². The summed E-state index contributed by atoms with van der Waals surface area (Å²) in [7, 11) is 0. The zero-order chi connectivity index (χ0) is 10.9. The Labute approximate surface area is 89.6 Å². The van der Waals surface area contributed by atoms with Gasteiger partial charge in [-0.25, -0.2) is 0 Å². The molecule has 4 atom stereocenters. The van der Waals surface area contributed by atoms with E-state index in [4.69, 9.17) is 18.9 Å². The third kappa shape index (κ3) is 0.810. The van der Waals surface area contributed by atoms with E-state index in [1.54, 1.807) is 12.8 Å². The van der Waals surface area contributed by atoms with Gasteiger partial charge in [-0.05, 0) is 0 Å². The van der Waals surface area contributed by atoms with E-state index in [1.807, 2.05) is 0 Å². The third-order valence-corrected chi connectivity index (χ3v) is 3.11. The first-order valence-electron chi connectivity index (χ1n) is 4.77. The molecule has 6 bridgehead atoms. The first-order chi connectivity index (χ1) is 7.83. The van der Waals surface area contributed by atoms with Crippen molar-refractivity contribution >= 4 is 12.8 Å². The standard InChI is InChI=1S/C8H6N2O6/c11-1-9-3-5-10(2-12)6-4(9)14-8(16-6)7(13-3)15-5/h3-8H. The average molecular weight is 226 g/mol. The molecule has 16 heavy (non-hydrogen) atoms. The van der Waals surface area contributed by atoms with Crippen LogP contribution in [0.2, 0.25) is 0 Å². The maximum Gasteiger partial charge on any atom is 0.316 e. The zero-order valence-corrected chi connectivity index (χ0v) is 7.81. The summed E-state index contributed by atoms with van der Waals surface area (Å²) in [4.78, 5) is 24.1. The molecule has 0 N–H and O–H groups in total. The molecule has 0 spiro atoms. The van der Waals surface area contributed by atoms with Crippen LogP contribution in [0.15, 0.2) is 0 Å². The van der Waals surface area contributed by atoms with Gasteiger partial charge in [-0.15, -0.1) is 0 Å². The molecule has 8 heteroatoms. The quantitative estimate of drug-likeness (QED) is 0.532. The molecule has 8 nitrogen and oxygen atoms in total. The average Bonchev–Trinajstić information content (AvgIpc) is 2.79. The van der Waals surface area contributed by atoms with Crippen LogP contribution in [0.3, 0.4) is 0 Å². The van der Waals surface area contributed by atoms with Crippen molar-refractivity contribution in [1.29, 1.82) is 0 Å². The number of piperazine rings is 1. The monoisotopic (exact) mass is 226 g/mol. The van der Waals surface area contributed by atoms with Crippen molar-refractivity contribution in [1.82, 2.24) is 9.80 Å². The Morgan fingerprint density at radius 1 is 0.688 bits per heavy atom. The summed E-state index contributed by atoms with van der Waals surface area (Å²) in [5.74, 6) is 0. The molecule has 2 amide bonds. The summed E-state index contributed by atoms with van der Waals surface area (Å²) in [6.07, 6.45) is -0.784. The second-order valence-electron chi connectivity index (χ2n) is 3.84. The van der Waals surface area contributed by atoms with E-state index in [-0.39, 0.29) is 0 Å². The van der Waals surface area contributed by atoms with E-state index in [1.165, 1.54) is 9.80 Å². The van der Waals surface area contributed by atoms with E-state index >= 15 is 0 Å². The van der Waals surface area contributed by atoms with Crippen LogP contribution in [0.4, 0.5) is 0 Å². The van der Waals surface area contributed by atoms with Gasteiger partial charge in [0.2, 0.25) is 12.6 Å². The maximum atomic E-state index is 10.9. The minimum Gasteiger partial charge on any atom is -0.319 e. The van der Waals surface area contributed by atoms with Crippen LogP contribution in [0.25, 0.3) is 0 Å². The van der Waals surface area contributed by atoms with E-state index in [9.17, 15) is 9.59 Å². The molecule has 5 fully saturated rings. The van der Waals surface area contributed by atoms with Gasteiger partial charge in [0, 0.05) is 0 Å². The van der Waals surface area contributed by atoms with E-state index < -0.39 is 37.5 Å². The molecule has 5 aliphatic heterocycles. The highest BCUT2D eigenvalue weighted by atomic mass is 16.9. The first kappa shape index (κ1) is 8.88. The predicted molar refractivity (Wildman–Crippen MR) is 42.1 cm³/mol. The highest BCUT2D eigenvalue weighted by Gasteiger charge is 2.65. The lowest BCUT2D eigenvalue weighted by molar-refractivity contribution is -0.202. The van der Waals surface area contributed by atoms with Crippen molar-refractivity contribution in [2.24, 2.45) is 0 Å². The van der Waals surface area contributed by atoms with E-state index in [0.717, 1.165) is 0 Å². The Kier molecular flexibility index (Phi) is 1.51. The fourth-order valence-corrected chi connectivity index (χ4v) is 2.45. The zero-order valence-electron chi connectivity index (χ0n) is 7.81. The summed E-state index contributed by atoms with van der Waals surface area (Å²) < 4.78 is 21.7. The Morgan fingerprint density at radius 2 is 1.00 bits per heavy atom. The van der Waals surface area contributed by atoms with Crippen LogP contribution in [0.1, 0.15) is 0 Å². The van der Waals surface area contributed by atoms with Crippen molar-refractivity contribution in [2.45, 2.75) is 37.5 Å². The van der Waals surface area contributed by atoms with Crippen LogP contribution in [-0.4, -0.2) is 60.1 Å². The van der Waals surface area contributed by atoms with Gasteiger partial charge in [0.05, 0.1) is 0 Å². The Hall–Kier alpha value is -1.22. The molecule has 0 aromatic heterocycles. The lowest BCUT2D eigenvalue weighted by Gasteiger charge is -2.43. The smallest absolute Gasteiger partial charge is 0.316 e. The number of hydrogen-bond donors (Lipinski definition) is 0. The van der Waals surface area contributed by atoms with E-state index in [0.29, 0.717) is 0 Å². The lowest BCUT2D eigenvalue weighted by Crippen LogP contribution is -2.65. The van der Waals surface area contributed by atoms with Crippen molar-refractivity contribution in [2.75, 3.05) is 0 Å². The summed E-state index contributed by atoms with van der Waals surface area (Å²) in [6.45, 7) is 0. The number of nitrogens with zero attached hydrogens (tertiary/aromatic N) is 2. The van der Waals surface area contributed by atoms with Gasteiger partial charge < -0.3 is 18.9 Å². The molecule has 2 radical (unpaired) electrons. The number of hydrogen-bond acceptors (Lipinski definition) is 6. The molecule has 5 aliphatic rings. The Morgan fingerprint density at radius 3 is 1.25 bits per heavy atom. The summed E-state index contributed by atoms with van der Waals surface area (Å²) in [5.41, 5.74) is 0. The second-order valence-corrected chi connectivity index (χ2v) is 3.84. The van der Waals surface area contributed by atoms with Gasteiger partial charge in [-0.1, -0.05) is 0 Å². The largest absolute Gasteiger partial charge is 0.319 e. The number of rotatable bonds is 2. The van der Waals surface area contributed by atoms with Crippen LogP contribution < -0.4 is 0 Å². The van der Waals surface area contributed by atoms with Crippen molar-refractivity contribution < 1.29 is 28.5 Å². The van der Waals surface area contributed by atoms with Crippen molar-refractivity contribution in [3.8, 4) is 0 Å². The highest BCUT2D eigenvalue weighted by Crippen LogP contribution is 2.44. The molecule has 4 unspecified atom stereocenters. The molecule has 84 valence electrons. The Balaban J connectivity index is 1.85. The molecular weight excluding hydrogens is 220 g/mol. The van der Waals surface area contributed by atoms with Crippen LogP contribution in [-0.2, 0) is 28.5 Å². The van der Waals surface area contributed by atoms with E-state index in [2.05, 4.69) is 0 Å². The predicted octanol–water partition coefficient (Wildman–Crippen LogP) is -2.20. The Bertz CT molecular complexity index is 306. The number of amides is 2. The van der Waals surface area contributed by atoms with Gasteiger partial charge in [-0.3, -0.25) is 19.4 Å². The molecular formula is C8H6N2O6. The lowest BCUT2D eigenvalue weighted by atomic mass is 10.2. The van der Waals surface area contributed by atoms with Crippen LogP contribution >= 0.6 is 0 Å². The number of carbonyl (C=O) groups excluding carboxylic acids is 2. The SMILES string of the molecule is O=[C]N1C2OC3OC2N([C]=O)C2OC3OC21. The fraction of sp³-hybridized carbons (Fsp3) is 0.750. The first-order valence-corrected chi connectivity index (χ1v) is 4.77. The van der Waals surface area contributed by atoms with Gasteiger partial charge in [0.15, 0.2) is 24.9 Å². The third-order valence-electron chi connectivity index (χ3n) is 3.11. The van der Waals surface area contributed by atoms with Crippen LogP contribution in [0.5, 0.6) is 0 Å². The van der Waals surface area contributed by atoms with Crippen molar-refractivity contribution in [3.05, 3.63) is 0 Å². The van der Waals surface area contributed by atoms with Gasteiger partial charge in [0.25, 0.3) is 0 Å². The number of ether oxygens (including phenoxy) is 4. The molecule has 0 aromatic carbocycles. The van der Waals surface area contributed by atoms with Gasteiger partial charge in [0.1, 0.15) is 0 Å². The highest BCUT2D eigenvalue weighted by molar-refractivity contribution is 5.54. The molecule has 0 aromatic rings. The summed E-state index contributed by atoms with van der Waals surface area (Å²) >= 11 is 0. The topological polar surface area (TPSA) is 77.5 Å². The summed E-state index contributed by atoms with van der Waals surface area (Å²) in [5, 5.41) is 0. The molecule has 0 aliphatic carbocycles. The molecule has 0 saturated carbocycles. The summed E-state index contributed by atoms with van der Waals surface area (Å²) in [6, 6.07) is 0. The maximum absolute atomic E-state index is 10.9. The normalized spacial score (nSPS) is 52.2. The minimum atomic E-state index is -0.723. The molecule has 5 rings (SSSR count).